The number of ether oxygens (including phenoxy) is 1. The number of hydrogen-bond donors (Lipinski definition) is 3. The summed E-state index contributed by atoms with van der Waals surface area (Å²) in [6.07, 6.45) is 4.06. The van der Waals surface area contributed by atoms with E-state index in [4.69, 9.17) is 10.5 Å². The molecule has 19 heavy (non-hydrogen) atoms. The third-order valence-corrected chi connectivity index (χ3v) is 2.86. The van der Waals surface area contributed by atoms with E-state index in [0.717, 1.165) is 25.7 Å². The molecule has 1 aromatic rings. The van der Waals surface area contributed by atoms with Crippen LogP contribution in [0.15, 0.2) is 18.2 Å². The predicted molar refractivity (Wildman–Crippen MR) is 74.5 cm³/mol. The van der Waals surface area contributed by atoms with E-state index in [1.54, 1.807) is 6.07 Å². The molecule has 1 aromatic carbocycles. The van der Waals surface area contributed by atoms with Gasteiger partial charge in [0.2, 0.25) is 0 Å². The van der Waals surface area contributed by atoms with Gasteiger partial charge in [-0.1, -0.05) is 12.8 Å². The van der Waals surface area contributed by atoms with Crippen molar-refractivity contribution in [2.24, 2.45) is 5.73 Å². The topological polar surface area (TPSA) is 84.6 Å². The Labute approximate surface area is 113 Å². The first-order valence-electron chi connectivity index (χ1n) is 6.54. The molecular weight excluding hydrogens is 244 g/mol. The largest absolute Gasteiger partial charge is 0.507 e. The maximum absolute atomic E-state index is 11.9. The number of methoxy groups -OCH3 is 1. The number of unbranched alkanes of at least 4 members (excludes halogenated alkanes) is 3. The SMILES string of the molecule is COc1ccc(O)c(C(=O)NCCCCCCN)c1. The van der Waals surface area contributed by atoms with Gasteiger partial charge in [0, 0.05) is 6.54 Å². The predicted octanol–water partition coefficient (Wildman–Crippen LogP) is 1.65. The number of benzene rings is 1. The summed E-state index contributed by atoms with van der Waals surface area (Å²) in [4.78, 5) is 11.9. The van der Waals surface area contributed by atoms with Gasteiger partial charge >= 0.3 is 0 Å². The minimum atomic E-state index is -0.282. The van der Waals surface area contributed by atoms with Gasteiger partial charge in [-0.15, -0.1) is 0 Å². The highest BCUT2D eigenvalue weighted by atomic mass is 16.5. The van der Waals surface area contributed by atoms with Crippen LogP contribution < -0.4 is 15.8 Å². The van der Waals surface area contributed by atoms with Crippen LogP contribution in [0.5, 0.6) is 11.5 Å². The Hall–Kier alpha value is -1.75. The Morgan fingerprint density at radius 1 is 1.32 bits per heavy atom. The van der Waals surface area contributed by atoms with Gasteiger partial charge in [0.1, 0.15) is 11.5 Å². The first-order valence-corrected chi connectivity index (χ1v) is 6.54. The molecule has 0 spiro atoms. The van der Waals surface area contributed by atoms with E-state index in [9.17, 15) is 9.90 Å². The summed E-state index contributed by atoms with van der Waals surface area (Å²) < 4.78 is 5.03. The van der Waals surface area contributed by atoms with E-state index in [1.807, 2.05) is 0 Å². The molecule has 0 aliphatic heterocycles. The van der Waals surface area contributed by atoms with Crippen LogP contribution in [0, 0.1) is 0 Å². The molecule has 4 N–H and O–H groups in total. The smallest absolute Gasteiger partial charge is 0.255 e. The van der Waals surface area contributed by atoms with Crippen LogP contribution in [-0.4, -0.2) is 31.2 Å². The van der Waals surface area contributed by atoms with Crippen LogP contribution in [-0.2, 0) is 0 Å². The molecule has 0 unspecified atom stereocenters. The quantitative estimate of drug-likeness (QED) is 0.625. The summed E-state index contributed by atoms with van der Waals surface area (Å²) in [5.74, 6) is 0.225. The second-order valence-corrected chi connectivity index (χ2v) is 4.34. The summed E-state index contributed by atoms with van der Waals surface area (Å²) in [5.41, 5.74) is 5.64. The molecule has 0 aromatic heterocycles. The van der Waals surface area contributed by atoms with E-state index in [1.165, 1.54) is 19.2 Å². The molecule has 0 heterocycles. The molecule has 0 fully saturated rings. The van der Waals surface area contributed by atoms with Crippen molar-refractivity contribution >= 4 is 5.91 Å². The molecule has 0 aliphatic rings. The van der Waals surface area contributed by atoms with Crippen molar-refractivity contribution in [3.8, 4) is 11.5 Å². The van der Waals surface area contributed by atoms with Crippen LogP contribution in [0.4, 0.5) is 0 Å². The fourth-order valence-corrected chi connectivity index (χ4v) is 1.74. The molecular formula is C14H22N2O3. The Morgan fingerprint density at radius 3 is 2.74 bits per heavy atom. The van der Waals surface area contributed by atoms with E-state index in [2.05, 4.69) is 5.32 Å². The number of nitrogens with two attached hydrogens (primary N) is 1. The molecule has 0 radical (unpaired) electrons. The molecule has 0 saturated carbocycles. The van der Waals surface area contributed by atoms with Gasteiger partial charge in [0.15, 0.2) is 0 Å². The molecule has 0 bridgehead atoms. The maximum atomic E-state index is 11.9. The fourth-order valence-electron chi connectivity index (χ4n) is 1.74. The molecule has 5 heteroatoms. The van der Waals surface area contributed by atoms with Crippen molar-refractivity contribution in [1.82, 2.24) is 5.32 Å². The minimum Gasteiger partial charge on any atom is -0.507 e. The summed E-state index contributed by atoms with van der Waals surface area (Å²) in [7, 11) is 1.52. The highest BCUT2D eigenvalue weighted by molar-refractivity contribution is 5.97. The van der Waals surface area contributed by atoms with Crippen molar-refractivity contribution in [2.75, 3.05) is 20.2 Å². The molecule has 1 amide bonds. The van der Waals surface area contributed by atoms with Crippen molar-refractivity contribution < 1.29 is 14.6 Å². The molecule has 0 atom stereocenters. The van der Waals surface area contributed by atoms with Gasteiger partial charge in [-0.05, 0) is 37.6 Å². The summed E-state index contributed by atoms with van der Waals surface area (Å²) in [6.45, 7) is 1.31. The van der Waals surface area contributed by atoms with Gasteiger partial charge in [0.25, 0.3) is 5.91 Å². The third kappa shape index (κ3) is 5.18. The summed E-state index contributed by atoms with van der Waals surface area (Å²) >= 11 is 0. The lowest BCUT2D eigenvalue weighted by Gasteiger charge is -2.08. The summed E-state index contributed by atoms with van der Waals surface area (Å²) in [5, 5.41) is 12.4. The number of amides is 1. The number of hydrogen-bond acceptors (Lipinski definition) is 4. The number of rotatable bonds is 8. The van der Waals surface area contributed by atoms with Crippen molar-refractivity contribution in [3.05, 3.63) is 23.8 Å². The number of nitrogens with one attached hydrogen (secondary N) is 1. The lowest BCUT2D eigenvalue weighted by atomic mass is 10.1. The third-order valence-electron chi connectivity index (χ3n) is 2.86. The second-order valence-electron chi connectivity index (χ2n) is 4.34. The second kappa shape index (κ2) is 8.37. The van der Waals surface area contributed by atoms with Crippen molar-refractivity contribution in [2.45, 2.75) is 25.7 Å². The number of carbonyl (C=O) groups excluding carboxylic acids is 1. The number of carbonyl (C=O) groups is 1. The average Bonchev–Trinajstić information content (AvgIpc) is 2.43. The molecule has 106 valence electrons. The van der Waals surface area contributed by atoms with Crippen molar-refractivity contribution in [1.29, 1.82) is 0 Å². The lowest BCUT2D eigenvalue weighted by Crippen LogP contribution is -2.24. The minimum absolute atomic E-state index is 0.0403. The Balaban J connectivity index is 2.40. The van der Waals surface area contributed by atoms with Gasteiger partial charge < -0.3 is 20.9 Å². The zero-order valence-corrected chi connectivity index (χ0v) is 11.3. The highest BCUT2D eigenvalue weighted by Crippen LogP contribution is 2.22. The average molecular weight is 266 g/mol. The van der Waals surface area contributed by atoms with Crippen LogP contribution >= 0.6 is 0 Å². The van der Waals surface area contributed by atoms with E-state index < -0.39 is 0 Å². The molecule has 0 aliphatic carbocycles. The van der Waals surface area contributed by atoms with Gasteiger partial charge in [-0.25, -0.2) is 0 Å². The normalized spacial score (nSPS) is 10.2. The zero-order chi connectivity index (χ0) is 14.1. The Bertz CT molecular complexity index is 408. The Morgan fingerprint density at radius 2 is 2.05 bits per heavy atom. The van der Waals surface area contributed by atoms with Gasteiger partial charge in [-0.2, -0.15) is 0 Å². The van der Waals surface area contributed by atoms with Crippen LogP contribution in [0.3, 0.4) is 0 Å². The van der Waals surface area contributed by atoms with Gasteiger partial charge in [-0.3, -0.25) is 4.79 Å². The first kappa shape index (κ1) is 15.3. The van der Waals surface area contributed by atoms with Gasteiger partial charge in [0.05, 0.1) is 12.7 Å². The fraction of sp³-hybridized carbons (Fsp3) is 0.500. The lowest BCUT2D eigenvalue weighted by molar-refractivity contribution is 0.0950. The van der Waals surface area contributed by atoms with E-state index in [0.29, 0.717) is 18.8 Å². The molecule has 5 nitrogen and oxygen atoms in total. The van der Waals surface area contributed by atoms with Crippen LogP contribution in [0.2, 0.25) is 0 Å². The highest BCUT2D eigenvalue weighted by Gasteiger charge is 2.11. The van der Waals surface area contributed by atoms with Crippen LogP contribution in [0.25, 0.3) is 0 Å². The zero-order valence-electron chi connectivity index (χ0n) is 11.3. The van der Waals surface area contributed by atoms with E-state index >= 15 is 0 Å². The maximum Gasteiger partial charge on any atom is 0.255 e. The monoisotopic (exact) mass is 266 g/mol. The standard InChI is InChI=1S/C14H22N2O3/c1-19-11-6-7-13(17)12(10-11)14(18)16-9-5-3-2-4-8-15/h6-7,10,17H,2-5,8-9,15H2,1H3,(H,16,18). The number of aromatic hydroxyl groups is 1. The number of phenolic OH excluding ortho intramolecular Hbond substituents is 1. The summed E-state index contributed by atoms with van der Waals surface area (Å²) in [6, 6.07) is 4.59. The molecule has 0 saturated heterocycles. The van der Waals surface area contributed by atoms with E-state index in [-0.39, 0.29) is 17.2 Å². The Kier molecular flexibility index (Phi) is 6.74. The van der Waals surface area contributed by atoms with Crippen LogP contribution in [0.1, 0.15) is 36.0 Å². The van der Waals surface area contributed by atoms with Crippen molar-refractivity contribution in [3.63, 3.8) is 0 Å². The number of phenols is 1. The molecule has 1 rings (SSSR count). The first-order chi connectivity index (χ1) is 9.19.